The van der Waals surface area contributed by atoms with E-state index in [-0.39, 0.29) is 0 Å². The second kappa shape index (κ2) is 10.5. The summed E-state index contributed by atoms with van der Waals surface area (Å²) in [6.45, 7) is 14.8. The Labute approximate surface area is 158 Å². The molecule has 7 nitrogen and oxygen atoms in total. The molecule has 1 unspecified atom stereocenters. The minimum absolute atomic E-state index is 0.457. The van der Waals surface area contributed by atoms with E-state index >= 15 is 0 Å². The smallest absolute Gasteiger partial charge is 0.191 e. The molecule has 7 heteroatoms. The SMILES string of the molecule is CCNC(=NCc1c(CC)nn(C)c1CC)NCC(C)N1CCOCC1. The maximum atomic E-state index is 5.44. The Morgan fingerprint density at radius 3 is 2.54 bits per heavy atom. The lowest BCUT2D eigenvalue weighted by molar-refractivity contribution is 0.0211. The molecule has 0 bridgehead atoms. The number of guanidine groups is 1. The van der Waals surface area contributed by atoms with Crippen LogP contribution in [0.5, 0.6) is 0 Å². The van der Waals surface area contributed by atoms with Gasteiger partial charge in [-0.1, -0.05) is 13.8 Å². The third-order valence-corrected chi connectivity index (χ3v) is 5.00. The summed E-state index contributed by atoms with van der Waals surface area (Å²) in [4.78, 5) is 7.29. The van der Waals surface area contributed by atoms with E-state index in [0.29, 0.717) is 12.6 Å². The highest BCUT2D eigenvalue weighted by molar-refractivity contribution is 5.79. The standard InChI is InChI=1S/C19H36N6O/c1-6-17-16(18(7-2)24(5)23-17)14-22-19(20-8-3)21-13-15(4)25-9-11-26-12-10-25/h15H,6-14H2,1-5H3,(H2,20,21,22). The Hall–Kier alpha value is -1.60. The van der Waals surface area contributed by atoms with Crippen LogP contribution in [0.1, 0.15) is 44.6 Å². The first-order chi connectivity index (χ1) is 12.6. The maximum absolute atomic E-state index is 5.44. The van der Waals surface area contributed by atoms with Crippen LogP contribution in [0.2, 0.25) is 0 Å². The Balaban J connectivity index is 2.00. The lowest BCUT2D eigenvalue weighted by Gasteiger charge is -2.32. The van der Waals surface area contributed by atoms with Crippen molar-refractivity contribution in [3.05, 3.63) is 17.0 Å². The molecular weight excluding hydrogens is 328 g/mol. The van der Waals surface area contributed by atoms with Gasteiger partial charge in [-0.25, -0.2) is 4.99 Å². The highest BCUT2D eigenvalue weighted by atomic mass is 16.5. The number of aliphatic imine (C=N–C) groups is 1. The number of rotatable bonds is 8. The summed E-state index contributed by atoms with van der Waals surface area (Å²) in [6.07, 6.45) is 1.92. The summed E-state index contributed by atoms with van der Waals surface area (Å²) >= 11 is 0. The molecule has 0 saturated carbocycles. The van der Waals surface area contributed by atoms with Gasteiger partial charge in [0.1, 0.15) is 0 Å². The molecule has 148 valence electrons. The van der Waals surface area contributed by atoms with Crippen LogP contribution in [0.3, 0.4) is 0 Å². The van der Waals surface area contributed by atoms with Crippen molar-refractivity contribution >= 4 is 5.96 Å². The van der Waals surface area contributed by atoms with Gasteiger partial charge in [-0.3, -0.25) is 9.58 Å². The Morgan fingerprint density at radius 1 is 1.19 bits per heavy atom. The number of morpholine rings is 1. The van der Waals surface area contributed by atoms with Crippen LogP contribution in [0.4, 0.5) is 0 Å². The topological polar surface area (TPSA) is 66.7 Å². The van der Waals surface area contributed by atoms with Gasteiger partial charge in [0.25, 0.3) is 0 Å². The van der Waals surface area contributed by atoms with Crippen molar-refractivity contribution in [3.63, 3.8) is 0 Å². The van der Waals surface area contributed by atoms with E-state index in [1.807, 2.05) is 11.7 Å². The second-order valence-corrected chi connectivity index (χ2v) is 6.78. The minimum atomic E-state index is 0.457. The molecule has 0 aliphatic carbocycles. The van der Waals surface area contributed by atoms with E-state index in [1.54, 1.807) is 0 Å². The van der Waals surface area contributed by atoms with Crippen molar-refractivity contribution in [2.75, 3.05) is 39.4 Å². The molecule has 1 fully saturated rings. The van der Waals surface area contributed by atoms with Crippen molar-refractivity contribution < 1.29 is 4.74 Å². The molecule has 0 aromatic carbocycles. The lowest BCUT2D eigenvalue weighted by atomic mass is 10.1. The Bertz CT molecular complexity index is 577. The van der Waals surface area contributed by atoms with E-state index in [2.05, 4.69) is 48.3 Å². The van der Waals surface area contributed by atoms with Crippen molar-refractivity contribution in [2.24, 2.45) is 12.0 Å². The van der Waals surface area contributed by atoms with Gasteiger partial charge in [0.2, 0.25) is 0 Å². The number of nitrogens with one attached hydrogen (secondary N) is 2. The predicted molar refractivity (Wildman–Crippen MR) is 107 cm³/mol. The molecule has 1 aliphatic rings. The monoisotopic (exact) mass is 364 g/mol. The van der Waals surface area contributed by atoms with Crippen molar-refractivity contribution in [2.45, 2.75) is 53.1 Å². The average Bonchev–Trinajstić information content (AvgIpc) is 2.98. The van der Waals surface area contributed by atoms with Crippen LogP contribution in [0.15, 0.2) is 4.99 Å². The van der Waals surface area contributed by atoms with Gasteiger partial charge >= 0.3 is 0 Å². The quantitative estimate of drug-likeness (QED) is 0.538. The molecule has 0 spiro atoms. The highest BCUT2D eigenvalue weighted by Gasteiger charge is 2.17. The molecule has 2 N–H and O–H groups in total. The first kappa shape index (κ1) is 20.7. The average molecular weight is 365 g/mol. The van der Waals surface area contributed by atoms with Gasteiger partial charge in [-0.2, -0.15) is 5.10 Å². The molecule has 0 radical (unpaired) electrons. The summed E-state index contributed by atoms with van der Waals surface area (Å²) in [7, 11) is 2.03. The molecule has 2 rings (SSSR count). The van der Waals surface area contributed by atoms with E-state index in [0.717, 1.165) is 63.9 Å². The number of hydrogen-bond acceptors (Lipinski definition) is 4. The van der Waals surface area contributed by atoms with Gasteiger partial charge in [0.15, 0.2) is 5.96 Å². The van der Waals surface area contributed by atoms with E-state index in [9.17, 15) is 0 Å². The molecule has 2 heterocycles. The first-order valence-corrected chi connectivity index (χ1v) is 9.98. The van der Waals surface area contributed by atoms with Crippen LogP contribution in [-0.4, -0.2) is 66.1 Å². The summed E-state index contributed by atoms with van der Waals surface area (Å²) in [5.41, 5.74) is 3.71. The zero-order valence-electron chi connectivity index (χ0n) is 17.1. The fourth-order valence-electron chi connectivity index (χ4n) is 3.46. The zero-order chi connectivity index (χ0) is 18.9. The third kappa shape index (κ3) is 5.45. The van der Waals surface area contributed by atoms with Gasteiger partial charge < -0.3 is 15.4 Å². The summed E-state index contributed by atoms with van der Waals surface area (Å²) < 4.78 is 7.45. The molecule has 1 atom stereocenters. The molecular formula is C19H36N6O. The Kier molecular flexibility index (Phi) is 8.38. The van der Waals surface area contributed by atoms with Gasteiger partial charge in [0, 0.05) is 50.5 Å². The van der Waals surface area contributed by atoms with Gasteiger partial charge in [-0.15, -0.1) is 0 Å². The Morgan fingerprint density at radius 2 is 1.92 bits per heavy atom. The van der Waals surface area contributed by atoms with E-state index in [4.69, 9.17) is 9.73 Å². The summed E-state index contributed by atoms with van der Waals surface area (Å²) in [5.74, 6) is 0.876. The highest BCUT2D eigenvalue weighted by Crippen LogP contribution is 2.16. The molecule has 0 amide bonds. The number of aromatic nitrogens is 2. The normalized spacial score (nSPS) is 17.3. The van der Waals surface area contributed by atoms with Crippen LogP contribution in [-0.2, 0) is 31.2 Å². The molecule has 1 saturated heterocycles. The van der Waals surface area contributed by atoms with Crippen LogP contribution in [0, 0.1) is 0 Å². The third-order valence-electron chi connectivity index (χ3n) is 5.00. The summed E-state index contributed by atoms with van der Waals surface area (Å²) in [6, 6.07) is 0.457. The lowest BCUT2D eigenvalue weighted by Crippen LogP contribution is -2.49. The predicted octanol–water partition coefficient (Wildman–Crippen LogP) is 1.32. The van der Waals surface area contributed by atoms with Crippen molar-refractivity contribution in [3.8, 4) is 0 Å². The van der Waals surface area contributed by atoms with Crippen molar-refractivity contribution in [1.29, 1.82) is 0 Å². The number of nitrogens with zero attached hydrogens (tertiary/aromatic N) is 4. The van der Waals surface area contributed by atoms with Gasteiger partial charge in [-0.05, 0) is 26.7 Å². The largest absolute Gasteiger partial charge is 0.379 e. The molecule has 26 heavy (non-hydrogen) atoms. The van der Waals surface area contributed by atoms with E-state index < -0.39 is 0 Å². The van der Waals surface area contributed by atoms with Crippen LogP contribution >= 0.6 is 0 Å². The van der Waals surface area contributed by atoms with Crippen LogP contribution in [0.25, 0.3) is 0 Å². The number of ether oxygens (including phenoxy) is 1. The fourth-order valence-corrected chi connectivity index (χ4v) is 3.46. The maximum Gasteiger partial charge on any atom is 0.191 e. The van der Waals surface area contributed by atoms with Crippen LogP contribution < -0.4 is 10.6 Å². The number of aryl methyl sites for hydroxylation is 2. The minimum Gasteiger partial charge on any atom is -0.379 e. The van der Waals surface area contributed by atoms with Crippen molar-refractivity contribution in [1.82, 2.24) is 25.3 Å². The number of hydrogen-bond donors (Lipinski definition) is 2. The van der Waals surface area contributed by atoms with E-state index in [1.165, 1.54) is 11.3 Å². The fraction of sp³-hybridized carbons (Fsp3) is 0.789. The zero-order valence-corrected chi connectivity index (χ0v) is 17.1. The van der Waals surface area contributed by atoms with Gasteiger partial charge in [0.05, 0.1) is 25.5 Å². The second-order valence-electron chi connectivity index (χ2n) is 6.78. The first-order valence-electron chi connectivity index (χ1n) is 9.98. The molecule has 1 aromatic rings. The molecule has 1 aromatic heterocycles. The summed E-state index contributed by atoms with van der Waals surface area (Å²) in [5, 5.41) is 11.5. The molecule has 1 aliphatic heterocycles.